The highest BCUT2D eigenvalue weighted by molar-refractivity contribution is 7.19. The van der Waals surface area contributed by atoms with E-state index in [0.29, 0.717) is 16.4 Å². The first-order valence-corrected chi connectivity index (χ1v) is 10.2. The molecular formula is C20H16N2O2S2. The summed E-state index contributed by atoms with van der Waals surface area (Å²) in [6.07, 6.45) is 4.93. The van der Waals surface area contributed by atoms with Gasteiger partial charge in [-0.15, -0.1) is 22.7 Å². The lowest BCUT2D eigenvalue weighted by molar-refractivity contribution is 0.497. The molecule has 1 fully saturated rings. The number of thiazole rings is 2. The van der Waals surface area contributed by atoms with Crippen LogP contribution in [-0.4, -0.2) is 9.97 Å². The van der Waals surface area contributed by atoms with E-state index in [1.165, 1.54) is 17.8 Å². The first-order valence-electron chi connectivity index (χ1n) is 8.53. The van der Waals surface area contributed by atoms with E-state index >= 15 is 0 Å². The minimum Gasteiger partial charge on any atom is -0.461 e. The molecule has 1 N–H and O–H groups in total. The number of rotatable bonds is 3. The van der Waals surface area contributed by atoms with E-state index in [0.717, 1.165) is 31.4 Å². The number of nitrogens with zero attached hydrogens (tertiary/aromatic N) is 1. The average molecular weight is 380 g/mol. The van der Waals surface area contributed by atoms with Crippen molar-refractivity contribution < 1.29 is 4.42 Å². The zero-order valence-corrected chi connectivity index (χ0v) is 15.7. The number of benzene rings is 1. The van der Waals surface area contributed by atoms with E-state index in [-0.39, 0.29) is 5.56 Å². The van der Waals surface area contributed by atoms with Gasteiger partial charge < -0.3 is 9.40 Å². The van der Waals surface area contributed by atoms with Gasteiger partial charge in [0.25, 0.3) is 5.56 Å². The van der Waals surface area contributed by atoms with Crippen LogP contribution in [-0.2, 0) is 0 Å². The molecule has 1 aliphatic carbocycles. The van der Waals surface area contributed by atoms with E-state index in [1.807, 2.05) is 42.5 Å². The summed E-state index contributed by atoms with van der Waals surface area (Å²) >= 11 is 3.03. The standard InChI is InChI=1S/C20H16N2O2S2/c1-11-8-13(11)15-7-6-12(24-15)9-17-20(23)22-19(26-17)10-18-21-14-4-2-3-5-16(14)25-18/h2-7,9-11,13H,8H2,1H3,(H,22,23)/b17-9-,19-10-/t11-,13-/m0/s1. The largest absolute Gasteiger partial charge is 0.461 e. The number of H-pyrrole nitrogens is 1. The van der Waals surface area contributed by atoms with Gasteiger partial charge in [-0.25, -0.2) is 4.98 Å². The van der Waals surface area contributed by atoms with E-state index in [2.05, 4.69) is 23.0 Å². The minimum atomic E-state index is -0.0971. The third-order valence-electron chi connectivity index (χ3n) is 4.64. The van der Waals surface area contributed by atoms with Crippen molar-refractivity contribution in [3.8, 4) is 0 Å². The molecule has 26 heavy (non-hydrogen) atoms. The van der Waals surface area contributed by atoms with Gasteiger partial charge in [0, 0.05) is 18.1 Å². The topological polar surface area (TPSA) is 58.9 Å². The third-order valence-corrected chi connectivity index (χ3v) is 6.59. The maximum atomic E-state index is 12.3. The Morgan fingerprint density at radius 1 is 1.19 bits per heavy atom. The highest BCUT2D eigenvalue weighted by Gasteiger charge is 2.36. The van der Waals surface area contributed by atoms with Gasteiger partial charge in [-0.1, -0.05) is 19.1 Å². The SMILES string of the molecule is C[C@H]1C[C@@H]1c1ccc(/C=c2\s/c(=C\c3nc4ccccc4s3)[nH]c2=O)o1. The molecule has 0 aliphatic heterocycles. The van der Waals surface area contributed by atoms with Gasteiger partial charge >= 0.3 is 0 Å². The van der Waals surface area contributed by atoms with Crippen LogP contribution in [0.1, 0.15) is 35.8 Å². The maximum Gasteiger partial charge on any atom is 0.266 e. The van der Waals surface area contributed by atoms with Crippen LogP contribution in [0, 0.1) is 5.92 Å². The second-order valence-corrected chi connectivity index (χ2v) is 8.80. The first-order chi connectivity index (χ1) is 12.7. The van der Waals surface area contributed by atoms with Crippen LogP contribution in [0.25, 0.3) is 22.4 Å². The zero-order valence-electron chi connectivity index (χ0n) is 14.1. The van der Waals surface area contributed by atoms with Gasteiger partial charge in [0.1, 0.15) is 16.5 Å². The Kier molecular flexibility index (Phi) is 3.69. The smallest absolute Gasteiger partial charge is 0.266 e. The van der Waals surface area contributed by atoms with Gasteiger partial charge in [0.15, 0.2) is 0 Å². The summed E-state index contributed by atoms with van der Waals surface area (Å²) in [5.41, 5.74) is 0.881. The van der Waals surface area contributed by atoms with Crippen LogP contribution in [0.4, 0.5) is 0 Å². The van der Waals surface area contributed by atoms with Crippen molar-refractivity contribution >= 4 is 45.0 Å². The Bertz CT molecular complexity index is 1240. The lowest BCUT2D eigenvalue weighted by Gasteiger charge is -1.89. The fraction of sp³-hybridized carbons (Fsp3) is 0.200. The molecule has 0 saturated heterocycles. The molecule has 1 aliphatic rings. The molecule has 1 aromatic carbocycles. The Labute approximate surface area is 157 Å². The number of nitrogens with one attached hydrogen (secondary N) is 1. The number of hydrogen-bond donors (Lipinski definition) is 1. The van der Waals surface area contributed by atoms with Crippen LogP contribution < -0.4 is 14.8 Å². The van der Waals surface area contributed by atoms with E-state index in [1.54, 1.807) is 11.3 Å². The van der Waals surface area contributed by atoms with E-state index < -0.39 is 0 Å². The number of hydrogen-bond acceptors (Lipinski definition) is 5. The number of para-hydroxylation sites is 1. The molecule has 0 amide bonds. The second-order valence-electron chi connectivity index (χ2n) is 6.65. The Hall–Kier alpha value is -2.44. The molecule has 1 saturated carbocycles. The monoisotopic (exact) mass is 380 g/mol. The summed E-state index contributed by atoms with van der Waals surface area (Å²) in [5.74, 6) is 3.01. The molecule has 0 unspecified atom stereocenters. The lowest BCUT2D eigenvalue weighted by Crippen LogP contribution is -2.19. The number of furan rings is 1. The van der Waals surface area contributed by atoms with E-state index in [9.17, 15) is 4.79 Å². The molecule has 6 heteroatoms. The van der Waals surface area contributed by atoms with Gasteiger partial charge in [-0.05, 0) is 36.6 Å². The minimum absolute atomic E-state index is 0.0971. The van der Waals surface area contributed by atoms with Crippen LogP contribution >= 0.6 is 22.7 Å². The van der Waals surface area contributed by atoms with Gasteiger partial charge in [-0.2, -0.15) is 0 Å². The molecule has 4 aromatic rings. The molecule has 0 radical (unpaired) electrons. The van der Waals surface area contributed by atoms with Crippen LogP contribution in [0.3, 0.4) is 0 Å². The second kappa shape index (κ2) is 6.07. The van der Waals surface area contributed by atoms with Crippen molar-refractivity contribution in [1.29, 1.82) is 0 Å². The Morgan fingerprint density at radius 3 is 2.85 bits per heavy atom. The molecule has 4 nitrogen and oxygen atoms in total. The lowest BCUT2D eigenvalue weighted by atomic mass is 10.3. The highest BCUT2D eigenvalue weighted by Crippen LogP contribution is 2.47. The Balaban J connectivity index is 1.51. The molecule has 5 rings (SSSR count). The quantitative estimate of drug-likeness (QED) is 0.592. The van der Waals surface area contributed by atoms with Crippen molar-refractivity contribution in [2.24, 2.45) is 5.92 Å². The first kappa shape index (κ1) is 15.8. The summed E-state index contributed by atoms with van der Waals surface area (Å²) in [5, 5.41) is 0.887. The summed E-state index contributed by atoms with van der Waals surface area (Å²) in [6.45, 7) is 2.23. The molecule has 3 heterocycles. The fourth-order valence-corrected chi connectivity index (χ4v) is 4.94. The summed E-state index contributed by atoms with van der Waals surface area (Å²) in [7, 11) is 0. The number of aromatic amines is 1. The van der Waals surface area contributed by atoms with Crippen molar-refractivity contribution in [3.63, 3.8) is 0 Å². The normalized spacial score (nSPS) is 21.0. The number of aromatic nitrogens is 2. The summed E-state index contributed by atoms with van der Waals surface area (Å²) < 4.78 is 8.46. The van der Waals surface area contributed by atoms with Crippen LogP contribution in [0.5, 0.6) is 0 Å². The third kappa shape index (κ3) is 2.95. The van der Waals surface area contributed by atoms with Crippen molar-refractivity contribution in [1.82, 2.24) is 9.97 Å². The van der Waals surface area contributed by atoms with Crippen LogP contribution in [0.2, 0.25) is 0 Å². The molecule has 3 aromatic heterocycles. The van der Waals surface area contributed by atoms with Crippen molar-refractivity contribution in [2.75, 3.05) is 0 Å². The molecule has 0 spiro atoms. The fourth-order valence-electron chi connectivity index (χ4n) is 3.08. The zero-order chi connectivity index (χ0) is 17.7. The van der Waals surface area contributed by atoms with Gasteiger partial charge in [0.05, 0.1) is 19.4 Å². The molecule has 2 atom stereocenters. The molecule has 0 bridgehead atoms. The van der Waals surface area contributed by atoms with Crippen molar-refractivity contribution in [2.45, 2.75) is 19.3 Å². The summed E-state index contributed by atoms with van der Waals surface area (Å²) in [4.78, 5) is 19.8. The predicted molar refractivity (Wildman–Crippen MR) is 106 cm³/mol. The molecular weight excluding hydrogens is 364 g/mol. The van der Waals surface area contributed by atoms with Gasteiger partial charge in [0.2, 0.25) is 0 Å². The average Bonchev–Trinajstić information content (AvgIpc) is 2.99. The maximum absolute atomic E-state index is 12.3. The Morgan fingerprint density at radius 2 is 2.04 bits per heavy atom. The highest BCUT2D eigenvalue weighted by atomic mass is 32.1. The van der Waals surface area contributed by atoms with Gasteiger partial charge in [-0.3, -0.25) is 4.79 Å². The summed E-state index contributed by atoms with van der Waals surface area (Å²) in [6, 6.07) is 12.0. The number of fused-ring (bicyclic) bond motifs is 1. The van der Waals surface area contributed by atoms with Crippen LogP contribution in [0.15, 0.2) is 45.6 Å². The predicted octanol–water partition coefficient (Wildman–Crippen LogP) is 3.42. The van der Waals surface area contributed by atoms with E-state index in [4.69, 9.17) is 4.42 Å². The van der Waals surface area contributed by atoms with Crippen molar-refractivity contribution in [3.05, 3.63) is 72.5 Å². The molecule has 130 valence electrons.